The number of carbonyl (C=O) groups is 3. The quantitative estimate of drug-likeness (QED) is 0.423. The third kappa shape index (κ3) is 5.25. The van der Waals surface area contributed by atoms with Crippen LogP contribution < -0.4 is 4.74 Å². The Morgan fingerprint density at radius 1 is 1.03 bits per heavy atom. The monoisotopic (exact) mass is 423 g/mol. The number of halogens is 1. The highest BCUT2D eigenvalue weighted by Gasteiger charge is 2.21. The topological polar surface area (TPSA) is 85.5 Å². The fraction of sp³-hybridized carbons (Fsp3) is 0.208. The molecule has 0 fully saturated rings. The number of hydrogen-bond donors (Lipinski definition) is 1. The molecule has 3 aromatic rings. The molecule has 7 heteroatoms. The second-order valence-corrected chi connectivity index (χ2v) is 7.12. The van der Waals surface area contributed by atoms with Gasteiger partial charge in [0.25, 0.3) is 0 Å². The number of aryl methyl sites for hydroxylation is 1. The van der Waals surface area contributed by atoms with Crippen LogP contribution in [0.15, 0.2) is 48.5 Å². The van der Waals surface area contributed by atoms with Gasteiger partial charge in [-0.3, -0.25) is 9.59 Å². The summed E-state index contributed by atoms with van der Waals surface area (Å²) in [6.45, 7) is 4.57. The number of aromatic amines is 1. The number of benzene rings is 2. The van der Waals surface area contributed by atoms with Crippen LogP contribution >= 0.6 is 0 Å². The number of Topliss-reactive ketones (excluding diaryl/α,β-unsaturated/α-hetero) is 2. The van der Waals surface area contributed by atoms with Gasteiger partial charge in [-0.05, 0) is 62.2 Å². The van der Waals surface area contributed by atoms with Crippen LogP contribution in [0.1, 0.15) is 54.9 Å². The Hall–Kier alpha value is -3.74. The lowest BCUT2D eigenvalue weighted by Crippen LogP contribution is -2.15. The van der Waals surface area contributed by atoms with Crippen molar-refractivity contribution in [1.82, 2.24) is 4.98 Å². The van der Waals surface area contributed by atoms with E-state index in [1.165, 1.54) is 25.1 Å². The Bertz CT molecular complexity index is 1130. The van der Waals surface area contributed by atoms with E-state index in [9.17, 15) is 18.8 Å². The van der Waals surface area contributed by atoms with Gasteiger partial charge in [0.15, 0.2) is 12.4 Å². The average Bonchev–Trinajstić information content (AvgIpc) is 3.05. The predicted octanol–water partition coefficient (Wildman–Crippen LogP) is 4.59. The molecule has 0 bridgehead atoms. The number of aromatic nitrogens is 1. The molecule has 2 aromatic carbocycles. The maximum Gasteiger partial charge on any atom is 0.338 e. The summed E-state index contributed by atoms with van der Waals surface area (Å²) in [6, 6.07) is 12.3. The number of H-pyrrole nitrogens is 1. The van der Waals surface area contributed by atoms with Crippen molar-refractivity contribution in [2.75, 3.05) is 6.61 Å². The number of esters is 1. The van der Waals surface area contributed by atoms with Crippen molar-refractivity contribution in [3.63, 3.8) is 0 Å². The van der Waals surface area contributed by atoms with E-state index >= 15 is 0 Å². The van der Waals surface area contributed by atoms with Crippen molar-refractivity contribution in [2.45, 2.75) is 27.4 Å². The molecule has 0 saturated carbocycles. The molecule has 160 valence electrons. The number of hydrogen-bond acceptors (Lipinski definition) is 5. The Kier molecular flexibility index (Phi) is 6.65. The van der Waals surface area contributed by atoms with Gasteiger partial charge in [-0.15, -0.1) is 0 Å². The van der Waals surface area contributed by atoms with Gasteiger partial charge in [0.1, 0.15) is 18.2 Å². The largest absolute Gasteiger partial charge is 0.489 e. The number of rotatable bonds is 8. The normalized spacial score (nSPS) is 10.6. The van der Waals surface area contributed by atoms with Crippen molar-refractivity contribution < 1.29 is 28.2 Å². The molecule has 1 aromatic heterocycles. The lowest BCUT2D eigenvalue weighted by atomic mass is 10.1. The summed E-state index contributed by atoms with van der Waals surface area (Å²) < 4.78 is 23.8. The summed E-state index contributed by atoms with van der Waals surface area (Å²) in [4.78, 5) is 39.5. The lowest BCUT2D eigenvalue weighted by Gasteiger charge is -2.08. The van der Waals surface area contributed by atoms with Crippen molar-refractivity contribution in [3.05, 3.63) is 88.0 Å². The third-order valence-electron chi connectivity index (χ3n) is 4.79. The first kappa shape index (κ1) is 22.0. The molecule has 3 rings (SSSR count). The minimum absolute atomic E-state index is 0.139. The van der Waals surface area contributed by atoms with E-state index in [0.717, 1.165) is 5.56 Å². The summed E-state index contributed by atoms with van der Waals surface area (Å²) in [6.07, 6.45) is 0. The van der Waals surface area contributed by atoms with Crippen LogP contribution in [0.25, 0.3) is 0 Å². The highest BCUT2D eigenvalue weighted by Crippen LogP contribution is 2.20. The molecule has 0 radical (unpaired) electrons. The van der Waals surface area contributed by atoms with Gasteiger partial charge in [0.2, 0.25) is 5.78 Å². The maximum atomic E-state index is 13.0. The van der Waals surface area contributed by atoms with Crippen molar-refractivity contribution >= 4 is 17.5 Å². The van der Waals surface area contributed by atoms with Gasteiger partial charge in [-0.25, -0.2) is 9.18 Å². The molecule has 0 aliphatic heterocycles. The fourth-order valence-corrected chi connectivity index (χ4v) is 3.30. The molecule has 6 nitrogen and oxygen atoms in total. The zero-order chi connectivity index (χ0) is 22.5. The molecule has 0 amide bonds. The zero-order valence-electron chi connectivity index (χ0n) is 17.5. The number of ketones is 2. The van der Waals surface area contributed by atoms with Crippen LogP contribution in [0.5, 0.6) is 5.75 Å². The SMILES string of the molecule is CC(=O)c1c(C)[nH]c(C(=O)COC(=O)c2cccc(OCc3ccc(F)cc3)c2)c1C. The summed E-state index contributed by atoms with van der Waals surface area (Å²) in [5.41, 5.74) is 2.88. The van der Waals surface area contributed by atoms with Crippen molar-refractivity contribution in [1.29, 1.82) is 0 Å². The molecule has 31 heavy (non-hydrogen) atoms. The van der Waals surface area contributed by atoms with Gasteiger partial charge < -0.3 is 14.5 Å². The van der Waals surface area contributed by atoms with Crippen LogP contribution in [0.3, 0.4) is 0 Å². The zero-order valence-corrected chi connectivity index (χ0v) is 17.5. The third-order valence-corrected chi connectivity index (χ3v) is 4.79. The molecule has 0 aliphatic rings. The number of carbonyl (C=O) groups excluding carboxylic acids is 3. The van der Waals surface area contributed by atoms with Gasteiger partial charge in [-0.2, -0.15) is 0 Å². The summed E-state index contributed by atoms with van der Waals surface area (Å²) in [5.74, 6) is -1.13. The Balaban J connectivity index is 1.61. The Labute approximate surface area is 179 Å². The van der Waals surface area contributed by atoms with Crippen LogP contribution in [0, 0.1) is 19.7 Å². The van der Waals surface area contributed by atoms with E-state index in [1.807, 2.05) is 0 Å². The summed E-state index contributed by atoms with van der Waals surface area (Å²) >= 11 is 0. The minimum atomic E-state index is -0.673. The second kappa shape index (κ2) is 9.38. The number of ether oxygens (including phenoxy) is 2. The first-order valence-corrected chi connectivity index (χ1v) is 9.64. The Morgan fingerprint density at radius 2 is 1.74 bits per heavy atom. The van der Waals surface area contributed by atoms with Crippen LogP contribution in [-0.4, -0.2) is 29.1 Å². The van der Waals surface area contributed by atoms with E-state index in [0.29, 0.717) is 22.6 Å². The Morgan fingerprint density at radius 3 is 2.39 bits per heavy atom. The number of nitrogens with one attached hydrogen (secondary N) is 1. The average molecular weight is 423 g/mol. The highest BCUT2D eigenvalue weighted by atomic mass is 19.1. The molecule has 1 N–H and O–H groups in total. The molecule has 0 saturated heterocycles. The van der Waals surface area contributed by atoms with E-state index in [-0.39, 0.29) is 29.5 Å². The molecule has 1 heterocycles. The van der Waals surface area contributed by atoms with Crippen molar-refractivity contribution in [2.24, 2.45) is 0 Å². The van der Waals surface area contributed by atoms with E-state index < -0.39 is 18.4 Å². The predicted molar refractivity (Wildman–Crippen MR) is 112 cm³/mol. The highest BCUT2D eigenvalue weighted by molar-refractivity contribution is 6.04. The van der Waals surface area contributed by atoms with E-state index in [2.05, 4.69) is 4.98 Å². The summed E-state index contributed by atoms with van der Waals surface area (Å²) in [5, 5.41) is 0. The smallest absolute Gasteiger partial charge is 0.338 e. The van der Waals surface area contributed by atoms with Gasteiger partial charge in [-0.1, -0.05) is 18.2 Å². The second-order valence-electron chi connectivity index (χ2n) is 7.12. The first-order chi connectivity index (χ1) is 14.8. The van der Waals surface area contributed by atoms with Gasteiger partial charge in [0, 0.05) is 11.3 Å². The maximum absolute atomic E-state index is 13.0. The van der Waals surface area contributed by atoms with E-state index in [4.69, 9.17) is 9.47 Å². The molecule has 0 unspecified atom stereocenters. The fourth-order valence-electron chi connectivity index (χ4n) is 3.30. The molecule has 0 spiro atoms. The van der Waals surface area contributed by atoms with Gasteiger partial charge >= 0.3 is 5.97 Å². The molecular weight excluding hydrogens is 401 g/mol. The summed E-state index contributed by atoms with van der Waals surface area (Å²) in [7, 11) is 0. The lowest BCUT2D eigenvalue weighted by molar-refractivity contribution is 0.0473. The molecule has 0 atom stereocenters. The molecular formula is C24H22FNO5. The standard InChI is InChI=1S/C24H22FNO5/c1-14-22(16(3)27)15(2)26-23(14)21(28)13-31-24(29)18-5-4-6-20(11-18)30-12-17-7-9-19(25)10-8-17/h4-11,26H,12-13H2,1-3H3. The minimum Gasteiger partial charge on any atom is -0.489 e. The van der Waals surface area contributed by atoms with Gasteiger partial charge in [0.05, 0.1) is 11.3 Å². The first-order valence-electron chi connectivity index (χ1n) is 9.64. The van der Waals surface area contributed by atoms with Crippen LogP contribution in [-0.2, 0) is 11.3 Å². The molecule has 0 aliphatic carbocycles. The van der Waals surface area contributed by atoms with Crippen LogP contribution in [0.4, 0.5) is 4.39 Å². The van der Waals surface area contributed by atoms with E-state index in [1.54, 1.807) is 44.2 Å². The van der Waals surface area contributed by atoms with Crippen LogP contribution in [0.2, 0.25) is 0 Å². The van der Waals surface area contributed by atoms with Crippen molar-refractivity contribution in [3.8, 4) is 5.75 Å².